The minimum Gasteiger partial charge on any atom is -0.492 e. The van der Waals surface area contributed by atoms with Crippen molar-refractivity contribution < 1.29 is 4.74 Å². The van der Waals surface area contributed by atoms with Crippen molar-refractivity contribution in [1.29, 1.82) is 0 Å². The van der Waals surface area contributed by atoms with Crippen LogP contribution in [0.3, 0.4) is 0 Å². The molecule has 0 unspecified atom stereocenters. The minimum absolute atomic E-state index is 0.459. The highest BCUT2D eigenvalue weighted by atomic mass is 16.5. The van der Waals surface area contributed by atoms with Gasteiger partial charge in [-0.25, -0.2) is 9.50 Å². The maximum absolute atomic E-state index is 5.86. The molecule has 0 spiro atoms. The van der Waals surface area contributed by atoms with E-state index >= 15 is 0 Å². The summed E-state index contributed by atoms with van der Waals surface area (Å²) in [6, 6.07) is 9.81. The molecule has 0 aliphatic heterocycles. The summed E-state index contributed by atoms with van der Waals surface area (Å²) >= 11 is 0. The second-order valence-electron chi connectivity index (χ2n) is 7.07. The zero-order valence-electron chi connectivity index (χ0n) is 17.4. The number of aromatic nitrogens is 8. The van der Waals surface area contributed by atoms with Gasteiger partial charge in [0.15, 0.2) is 5.82 Å². The van der Waals surface area contributed by atoms with E-state index in [9.17, 15) is 0 Å². The molecule has 0 atom stereocenters. The maximum Gasteiger partial charge on any atom is 0.245 e. The third-order valence-corrected chi connectivity index (χ3v) is 4.90. The zero-order valence-corrected chi connectivity index (χ0v) is 17.4. The summed E-state index contributed by atoms with van der Waals surface area (Å²) in [5.74, 6) is 1.91. The van der Waals surface area contributed by atoms with Crippen LogP contribution in [0.4, 0.5) is 11.6 Å². The number of nitrogens with zero attached hydrogens (tertiary/aromatic N) is 8. The molecule has 1 aromatic carbocycles. The van der Waals surface area contributed by atoms with Crippen molar-refractivity contribution in [2.24, 2.45) is 14.1 Å². The predicted octanol–water partition coefficient (Wildman–Crippen LogP) is 3.07. The molecule has 4 heterocycles. The Balaban J connectivity index is 1.51. The molecule has 0 saturated heterocycles. The van der Waals surface area contributed by atoms with Crippen molar-refractivity contribution in [2.75, 3.05) is 11.9 Å². The molecule has 0 radical (unpaired) electrons. The largest absolute Gasteiger partial charge is 0.492 e. The lowest BCUT2D eigenvalue weighted by molar-refractivity contribution is 0.342. The van der Waals surface area contributed by atoms with Gasteiger partial charge in [0.2, 0.25) is 5.95 Å². The fraction of sp³-hybridized carbons (Fsp3) is 0.190. The standard InChI is InChI=1S/C21H21N9O/c1-4-31-19-9-14(20-26-23-13-28(20)2)5-7-17(19)25-21-22-11-16-6-8-18(30(16)27-21)15-10-24-29(3)12-15/h5-13H,4H2,1-3H3,(H,25,27). The molecule has 5 aromatic rings. The van der Waals surface area contributed by atoms with E-state index in [-0.39, 0.29) is 0 Å². The average Bonchev–Trinajstić information content (AvgIpc) is 3.49. The van der Waals surface area contributed by atoms with Crippen LogP contribution in [-0.4, -0.2) is 45.7 Å². The van der Waals surface area contributed by atoms with Gasteiger partial charge >= 0.3 is 0 Å². The monoisotopic (exact) mass is 415 g/mol. The molecule has 0 aliphatic carbocycles. The van der Waals surface area contributed by atoms with Gasteiger partial charge in [-0.05, 0) is 37.3 Å². The first-order valence-corrected chi connectivity index (χ1v) is 9.84. The van der Waals surface area contributed by atoms with Crippen molar-refractivity contribution >= 4 is 17.2 Å². The van der Waals surface area contributed by atoms with Gasteiger partial charge in [-0.15, -0.1) is 15.3 Å². The number of hydrogen-bond donors (Lipinski definition) is 1. The molecule has 0 amide bonds. The number of rotatable bonds is 6. The first-order valence-electron chi connectivity index (χ1n) is 9.84. The molecular weight excluding hydrogens is 394 g/mol. The Bertz CT molecular complexity index is 1360. The summed E-state index contributed by atoms with van der Waals surface area (Å²) in [6.45, 7) is 2.47. The summed E-state index contributed by atoms with van der Waals surface area (Å²) < 4.78 is 11.3. The van der Waals surface area contributed by atoms with Gasteiger partial charge in [0, 0.05) is 31.4 Å². The van der Waals surface area contributed by atoms with Gasteiger partial charge in [0.25, 0.3) is 0 Å². The van der Waals surface area contributed by atoms with Crippen molar-refractivity contribution in [3.8, 4) is 28.4 Å². The van der Waals surface area contributed by atoms with Gasteiger partial charge < -0.3 is 14.6 Å². The van der Waals surface area contributed by atoms with Gasteiger partial charge in [-0.2, -0.15) is 5.10 Å². The van der Waals surface area contributed by atoms with Crippen LogP contribution in [0, 0.1) is 0 Å². The van der Waals surface area contributed by atoms with Gasteiger partial charge in [0.05, 0.1) is 35.9 Å². The Kier molecular flexibility index (Phi) is 4.58. The number of ether oxygens (including phenoxy) is 1. The van der Waals surface area contributed by atoms with Crippen molar-refractivity contribution in [3.05, 3.63) is 55.2 Å². The van der Waals surface area contributed by atoms with E-state index < -0.39 is 0 Å². The van der Waals surface area contributed by atoms with Crippen molar-refractivity contribution in [1.82, 2.24) is 39.1 Å². The fourth-order valence-electron chi connectivity index (χ4n) is 3.44. The number of fused-ring (bicyclic) bond motifs is 1. The van der Waals surface area contributed by atoms with E-state index in [1.807, 2.05) is 72.8 Å². The number of anilines is 2. The lowest BCUT2D eigenvalue weighted by Gasteiger charge is -2.13. The topological polar surface area (TPSA) is 100.0 Å². The Hall–Kier alpha value is -4.21. The normalized spacial score (nSPS) is 11.2. The molecule has 0 saturated carbocycles. The maximum atomic E-state index is 5.86. The highest BCUT2D eigenvalue weighted by Gasteiger charge is 2.13. The van der Waals surface area contributed by atoms with E-state index in [2.05, 4.69) is 30.7 Å². The molecule has 4 aromatic heterocycles. The molecule has 0 fully saturated rings. The summed E-state index contributed by atoms with van der Waals surface area (Å²) in [4.78, 5) is 4.46. The number of hydrogen-bond acceptors (Lipinski definition) is 7. The molecule has 10 heteroatoms. The van der Waals surface area contributed by atoms with Crippen LogP contribution in [-0.2, 0) is 14.1 Å². The van der Waals surface area contributed by atoms with Crippen molar-refractivity contribution in [3.63, 3.8) is 0 Å². The quantitative estimate of drug-likeness (QED) is 0.455. The van der Waals surface area contributed by atoms with Crippen LogP contribution in [0.5, 0.6) is 5.75 Å². The van der Waals surface area contributed by atoms with Crippen LogP contribution >= 0.6 is 0 Å². The average molecular weight is 415 g/mol. The Morgan fingerprint density at radius 2 is 1.97 bits per heavy atom. The summed E-state index contributed by atoms with van der Waals surface area (Å²) in [6.07, 6.45) is 7.22. The molecule has 5 rings (SSSR count). The van der Waals surface area contributed by atoms with Gasteiger partial charge in [-0.1, -0.05) is 0 Å². The van der Waals surface area contributed by atoms with Crippen LogP contribution < -0.4 is 10.1 Å². The second-order valence-corrected chi connectivity index (χ2v) is 7.07. The second kappa shape index (κ2) is 7.56. The molecule has 0 aliphatic rings. The highest BCUT2D eigenvalue weighted by Crippen LogP contribution is 2.32. The van der Waals surface area contributed by atoms with E-state index in [0.717, 1.165) is 33.8 Å². The first-order chi connectivity index (χ1) is 15.1. The predicted molar refractivity (Wildman–Crippen MR) is 116 cm³/mol. The molecule has 1 N–H and O–H groups in total. The van der Waals surface area contributed by atoms with Crippen LogP contribution in [0.15, 0.2) is 55.2 Å². The van der Waals surface area contributed by atoms with E-state index in [1.165, 1.54) is 0 Å². The van der Waals surface area contributed by atoms with E-state index in [0.29, 0.717) is 18.3 Å². The fourth-order valence-corrected chi connectivity index (χ4v) is 3.44. The third-order valence-electron chi connectivity index (χ3n) is 4.90. The Morgan fingerprint density at radius 1 is 1.06 bits per heavy atom. The van der Waals surface area contributed by atoms with Crippen LogP contribution in [0.2, 0.25) is 0 Å². The molecule has 0 bridgehead atoms. The first kappa shape index (κ1) is 18.8. The van der Waals surface area contributed by atoms with Crippen LogP contribution in [0.1, 0.15) is 6.92 Å². The summed E-state index contributed by atoms with van der Waals surface area (Å²) in [7, 11) is 3.79. The number of benzene rings is 1. The van der Waals surface area contributed by atoms with Crippen molar-refractivity contribution in [2.45, 2.75) is 6.92 Å². The summed E-state index contributed by atoms with van der Waals surface area (Å²) in [5.41, 5.74) is 4.50. The Morgan fingerprint density at radius 3 is 2.71 bits per heavy atom. The highest BCUT2D eigenvalue weighted by molar-refractivity contribution is 5.70. The Labute approximate surface area is 178 Å². The van der Waals surface area contributed by atoms with Crippen LogP contribution in [0.25, 0.3) is 28.2 Å². The molecule has 156 valence electrons. The van der Waals surface area contributed by atoms with E-state index in [1.54, 1.807) is 17.2 Å². The van der Waals surface area contributed by atoms with Gasteiger partial charge in [-0.3, -0.25) is 4.68 Å². The summed E-state index contributed by atoms with van der Waals surface area (Å²) in [5, 5.41) is 20.3. The van der Waals surface area contributed by atoms with Gasteiger partial charge in [0.1, 0.15) is 12.1 Å². The minimum atomic E-state index is 0.459. The number of aryl methyl sites for hydroxylation is 2. The molecule has 31 heavy (non-hydrogen) atoms. The SMILES string of the molecule is CCOc1cc(-c2nncn2C)ccc1Nc1ncc2ccc(-c3cnn(C)c3)n2n1. The smallest absolute Gasteiger partial charge is 0.245 e. The third kappa shape index (κ3) is 3.48. The zero-order chi connectivity index (χ0) is 21.4. The molecular formula is C21H21N9O. The van der Waals surface area contributed by atoms with E-state index in [4.69, 9.17) is 4.74 Å². The lowest BCUT2D eigenvalue weighted by Crippen LogP contribution is -2.05. The lowest BCUT2D eigenvalue weighted by atomic mass is 10.1. The number of nitrogens with one attached hydrogen (secondary N) is 1. The molecule has 10 nitrogen and oxygen atoms in total.